The van der Waals surface area contributed by atoms with Crippen molar-refractivity contribution in [3.05, 3.63) is 83.6 Å². The van der Waals surface area contributed by atoms with Gasteiger partial charge in [-0.05, 0) is 59.7 Å². The van der Waals surface area contributed by atoms with Crippen molar-refractivity contribution in [2.45, 2.75) is 24.7 Å². The van der Waals surface area contributed by atoms with E-state index in [0.717, 1.165) is 29.5 Å². The maximum absolute atomic E-state index is 13.8. The summed E-state index contributed by atoms with van der Waals surface area (Å²) in [6.45, 7) is 0. The molecule has 1 aliphatic carbocycles. The summed E-state index contributed by atoms with van der Waals surface area (Å²) in [4.78, 5) is 19.4. The predicted molar refractivity (Wildman–Crippen MR) is 115 cm³/mol. The van der Waals surface area contributed by atoms with E-state index >= 15 is 0 Å². The summed E-state index contributed by atoms with van der Waals surface area (Å²) in [5, 5.41) is 9.29. The van der Waals surface area contributed by atoms with Crippen molar-refractivity contribution < 1.29 is 4.79 Å². The number of amides is 1. The molecule has 29 heavy (non-hydrogen) atoms. The number of nitrogens with one attached hydrogen (secondary N) is 1. The maximum Gasteiger partial charge on any atom is 0.243 e. The minimum absolute atomic E-state index is 0.0127. The SMILES string of the molecule is N=C1CC(c2cccc(-c3cccc(Cl)c3)c2)(C2CC2)C(=O)N1c1cccnc1. The molecule has 2 heterocycles. The molecule has 5 rings (SSSR count). The summed E-state index contributed by atoms with van der Waals surface area (Å²) >= 11 is 6.18. The van der Waals surface area contributed by atoms with Gasteiger partial charge in [0.05, 0.1) is 17.3 Å². The van der Waals surface area contributed by atoms with E-state index in [2.05, 4.69) is 11.1 Å². The normalized spacial score (nSPS) is 21.6. The summed E-state index contributed by atoms with van der Waals surface area (Å²) < 4.78 is 0. The van der Waals surface area contributed by atoms with Crippen molar-refractivity contribution in [1.29, 1.82) is 5.41 Å². The van der Waals surface area contributed by atoms with Crippen LogP contribution in [0, 0.1) is 11.3 Å². The molecular weight excluding hydrogens is 382 g/mol. The molecule has 1 atom stereocenters. The molecule has 1 aromatic heterocycles. The fraction of sp³-hybridized carbons (Fsp3) is 0.208. The Labute approximate surface area is 174 Å². The zero-order valence-electron chi connectivity index (χ0n) is 15.8. The summed E-state index contributed by atoms with van der Waals surface area (Å²) in [5.41, 5.74) is 3.02. The third-order valence-corrected chi connectivity index (χ3v) is 6.25. The highest BCUT2D eigenvalue weighted by Crippen LogP contribution is 2.54. The van der Waals surface area contributed by atoms with Crippen LogP contribution in [0.4, 0.5) is 5.69 Å². The standard InChI is InChI=1S/C24H20ClN3O/c25-20-7-2-5-17(13-20)16-4-1-6-19(12-16)24(18-9-10-18)14-22(26)28(23(24)29)21-8-3-11-27-15-21/h1-8,11-13,15,18,26H,9-10,14H2. The fourth-order valence-corrected chi connectivity index (χ4v) is 4.69. The van der Waals surface area contributed by atoms with Crippen LogP contribution in [0.1, 0.15) is 24.8 Å². The lowest BCUT2D eigenvalue weighted by Gasteiger charge is -2.28. The minimum atomic E-state index is -0.679. The smallest absolute Gasteiger partial charge is 0.243 e. The highest BCUT2D eigenvalue weighted by Gasteiger charge is 2.59. The van der Waals surface area contributed by atoms with Gasteiger partial charge in [0.1, 0.15) is 5.84 Å². The Morgan fingerprint density at radius 3 is 2.48 bits per heavy atom. The number of nitrogens with zero attached hydrogens (tertiary/aromatic N) is 2. The first-order valence-corrected chi connectivity index (χ1v) is 10.2. The minimum Gasteiger partial charge on any atom is -0.288 e. The van der Waals surface area contributed by atoms with E-state index in [4.69, 9.17) is 17.0 Å². The van der Waals surface area contributed by atoms with Gasteiger partial charge in [0.25, 0.3) is 0 Å². The summed E-state index contributed by atoms with van der Waals surface area (Å²) in [5.74, 6) is 0.593. The third kappa shape index (κ3) is 2.95. The van der Waals surface area contributed by atoms with Crippen LogP contribution in [0.5, 0.6) is 0 Å². The quantitative estimate of drug-likeness (QED) is 0.630. The van der Waals surface area contributed by atoms with Gasteiger partial charge < -0.3 is 0 Å². The molecule has 144 valence electrons. The van der Waals surface area contributed by atoms with Crippen LogP contribution in [0.15, 0.2) is 73.1 Å². The number of pyridine rings is 1. The van der Waals surface area contributed by atoms with E-state index in [-0.39, 0.29) is 11.8 Å². The molecule has 1 N–H and O–H groups in total. The molecule has 1 saturated heterocycles. The Bertz CT molecular complexity index is 1110. The molecular formula is C24H20ClN3O. The molecule has 5 heteroatoms. The third-order valence-electron chi connectivity index (χ3n) is 6.01. The van der Waals surface area contributed by atoms with Gasteiger partial charge in [-0.2, -0.15) is 0 Å². The molecule has 4 nitrogen and oxygen atoms in total. The summed E-state index contributed by atoms with van der Waals surface area (Å²) in [6.07, 6.45) is 5.78. The van der Waals surface area contributed by atoms with Crippen LogP contribution < -0.4 is 4.90 Å². The first kappa shape index (κ1) is 18.1. The van der Waals surface area contributed by atoms with Gasteiger partial charge in [0.2, 0.25) is 5.91 Å². The molecule has 2 aliphatic rings. The summed E-state index contributed by atoms with van der Waals surface area (Å²) in [6, 6.07) is 19.6. The second kappa shape index (κ2) is 6.82. The van der Waals surface area contributed by atoms with Crippen LogP contribution in [0.2, 0.25) is 5.02 Å². The first-order valence-electron chi connectivity index (χ1n) is 9.78. The number of aromatic nitrogens is 1. The van der Waals surface area contributed by atoms with Crippen LogP contribution in [-0.2, 0) is 10.2 Å². The number of hydrogen-bond donors (Lipinski definition) is 1. The zero-order chi connectivity index (χ0) is 20.0. The molecule has 0 radical (unpaired) electrons. The van der Waals surface area contributed by atoms with Gasteiger partial charge >= 0.3 is 0 Å². The molecule has 0 spiro atoms. The lowest BCUT2D eigenvalue weighted by molar-refractivity contribution is -0.122. The number of carbonyl (C=O) groups excluding carboxylic acids is 1. The van der Waals surface area contributed by atoms with Crippen LogP contribution in [-0.4, -0.2) is 16.7 Å². The average molecular weight is 402 g/mol. The molecule has 0 bridgehead atoms. The molecule has 2 fully saturated rings. The lowest BCUT2D eigenvalue weighted by Crippen LogP contribution is -2.40. The molecule has 2 aromatic carbocycles. The van der Waals surface area contributed by atoms with Crippen molar-refractivity contribution in [2.24, 2.45) is 5.92 Å². The number of amidine groups is 1. The Hall–Kier alpha value is -2.98. The van der Waals surface area contributed by atoms with Gasteiger partial charge in [-0.3, -0.25) is 20.1 Å². The summed E-state index contributed by atoms with van der Waals surface area (Å²) in [7, 11) is 0. The Kier molecular flexibility index (Phi) is 4.25. The van der Waals surface area contributed by atoms with E-state index < -0.39 is 5.41 Å². The van der Waals surface area contributed by atoms with Crippen molar-refractivity contribution in [3.63, 3.8) is 0 Å². The van der Waals surface area contributed by atoms with Gasteiger partial charge in [-0.1, -0.05) is 48.0 Å². The van der Waals surface area contributed by atoms with Gasteiger partial charge in [0.15, 0.2) is 0 Å². The van der Waals surface area contributed by atoms with Gasteiger partial charge in [-0.15, -0.1) is 0 Å². The van der Waals surface area contributed by atoms with E-state index in [1.807, 2.05) is 48.5 Å². The molecule has 1 unspecified atom stereocenters. The van der Waals surface area contributed by atoms with Gasteiger partial charge in [-0.25, -0.2) is 0 Å². The van der Waals surface area contributed by atoms with Crippen molar-refractivity contribution in [3.8, 4) is 11.1 Å². The Morgan fingerprint density at radius 2 is 1.79 bits per heavy atom. The first-order chi connectivity index (χ1) is 14.1. The topological polar surface area (TPSA) is 57.1 Å². The van der Waals surface area contributed by atoms with Crippen LogP contribution >= 0.6 is 11.6 Å². The predicted octanol–water partition coefficient (Wildman–Crippen LogP) is 5.46. The van der Waals surface area contributed by atoms with Crippen LogP contribution in [0.3, 0.4) is 0 Å². The molecule has 1 aliphatic heterocycles. The molecule has 3 aromatic rings. The monoisotopic (exact) mass is 401 g/mol. The Balaban J connectivity index is 1.61. The fourth-order valence-electron chi connectivity index (χ4n) is 4.50. The highest BCUT2D eigenvalue weighted by atomic mass is 35.5. The number of benzene rings is 2. The number of hydrogen-bond acceptors (Lipinski definition) is 3. The van der Waals surface area contributed by atoms with Crippen molar-refractivity contribution >= 4 is 29.0 Å². The maximum atomic E-state index is 13.8. The second-order valence-corrected chi connectivity index (χ2v) is 8.25. The second-order valence-electron chi connectivity index (χ2n) is 7.81. The number of anilines is 1. The number of carbonyl (C=O) groups is 1. The van der Waals surface area contributed by atoms with Crippen molar-refractivity contribution in [2.75, 3.05) is 4.90 Å². The van der Waals surface area contributed by atoms with E-state index in [9.17, 15) is 4.79 Å². The Morgan fingerprint density at radius 1 is 1.03 bits per heavy atom. The highest BCUT2D eigenvalue weighted by molar-refractivity contribution is 6.30. The van der Waals surface area contributed by atoms with Crippen molar-refractivity contribution in [1.82, 2.24) is 4.98 Å². The number of rotatable bonds is 4. The van der Waals surface area contributed by atoms with E-state index in [1.165, 1.54) is 4.90 Å². The number of halogens is 1. The zero-order valence-corrected chi connectivity index (χ0v) is 16.6. The van der Waals surface area contributed by atoms with Crippen LogP contribution in [0.25, 0.3) is 11.1 Å². The van der Waals surface area contributed by atoms with Gasteiger partial charge in [0, 0.05) is 17.6 Å². The van der Waals surface area contributed by atoms with E-state index in [0.29, 0.717) is 23.0 Å². The van der Waals surface area contributed by atoms with E-state index in [1.54, 1.807) is 18.5 Å². The lowest BCUT2D eigenvalue weighted by atomic mass is 9.73. The molecule has 1 amide bonds. The molecule has 1 saturated carbocycles. The average Bonchev–Trinajstić information content (AvgIpc) is 3.55. The largest absolute Gasteiger partial charge is 0.288 e.